The van der Waals surface area contributed by atoms with Crippen LogP contribution in [0.25, 0.3) is 22.6 Å². The number of hydrogen-bond acceptors (Lipinski definition) is 4. The minimum absolute atomic E-state index is 0.393. The van der Waals surface area contributed by atoms with Crippen LogP contribution in [-0.4, -0.2) is 16.1 Å². The maximum Gasteiger partial charge on any atom is 0.257 e. The summed E-state index contributed by atoms with van der Waals surface area (Å²) in [5.41, 5.74) is 7.99. The molecule has 0 saturated heterocycles. The van der Waals surface area contributed by atoms with Crippen molar-refractivity contribution in [3.05, 3.63) is 60.7 Å². The number of carbonyl (C=O) groups excluding carboxylic acids is 1. The van der Waals surface area contributed by atoms with E-state index in [4.69, 9.17) is 10.2 Å². The summed E-state index contributed by atoms with van der Waals surface area (Å²) in [5.74, 6) is 0.298. The monoisotopic (exact) mass is 324 g/mol. The molecule has 0 bridgehead atoms. The third kappa shape index (κ3) is 3.46. The molecule has 0 radical (unpaired) electrons. The van der Waals surface area contributed by atoms with Gasteiger partial charge in [-0.15, -0.1) is 0 Å². The van der Waals surface area contributed by atoms with Gasteiger partial charge in [-0.25, -0.2) is 4.98 Å². The molecule has 0 saturated carbocycles. The van der Waals surface area contributed by atoms with Crippen molar-refractivity contribution < 1.29 is 9.21 Å². The first-order valence-corrected chi connectivity index (χ1v) is 8.11. The Bertz CT molecular complexity index is 743. The Morgan fingerprint density at radius 1 is 1.04 bits per heavy atom. The zero-order valence-corrected chi connectivity index (χ0v) is 13.4. The van der Waals surface area contributed by atoms with Crippen molar-refractivity contribution in [1.29, 1.82) is 0 Å². The topological polar surface area (TPSA) is 69.1 Å². The van der Waals surface area contributed by atoms with E-state index in [2.05, 4.69) is 4.98 Å². The summed E-state index contributed by atoms with van der Waals surface area (Å²) in [6.45, 7) is 1.74. The first kappa shape index (κ1) is 15.4. The van der Waals surface area contributed by atoms with E-state index in [0.717, 1.165) is 16.8 Å². The Kier molecular flexibility index (Phi) is 4.48. The van der Waals surface area contributed by atoms with Crippen molar-refractivity contribution in [3.8, 4) is 22.6 Å². The molecule has 1 heterocycles. The lowest BCUT2D eigenvalue weighted by atomic mass is 10.1. The maximum absolute atomic E-state index is 11.3. The van der Waals surface area contributed by atoms with Gasteiger partial charge in [-0.2, -0.15) is 0 Å². The van der Waals surface area contributed by atoms with Gasteiger partial charge in [0.2, 0.25) is 5.91 Å². The summed E-state index contributed by atoms with van der Waals surface area (Å²) in [6, 6.07) is 19.6. The summed E-state index contributed by atoms with van der Waals surface area (Å²) < 4.78 is 5.92. The highest BCUT2D eigenvalue weighted by molar-refractivity contribution is 8.00. The molecule has 2 aromatic carbocycles. The number of rotatable bonds is 5. The molecule has 2 N–H and O–H groups in total. The van der Waals surface area contributed by atoms with Crippen molar-refractivity contribution in [1.82, 2.24) is 4.98 Å². The molecule has 1 atom stereocenters. The van der Waals surface area contributed by atoms with Crippen LogP contribution in [0.1, 0.15) is 6.92 Å². The maximum atomic E-state index is 11.3. The second kappa shape index (κ2) is 6.71. The number of primary amides is 1. The first-order chi connectivity index (χ1) is 11.1. The van der Waals surface area contributed by atoms with Crippen LogP contribution in [0.5, 0.6) is 0 Å². The highest BCUT2D eigenvalue weighted by atomic mass is 32.2. The fourth-order valence-corrected chi connectivity index (χ4v) is 2.83. The second-order valence-electron chi connectivity index (χ2n) is 5.05. The van der Waals surface area contributed by atoms with Crippen molar-refractivity contribution in [2.45, 2.75) is 17.4 Å². The van der Waals surface area contributed by atoms with Crippen LogP contribution in [-0.2, 0) is 4.79 Å². The number of thioether (sulfide) groups is 1. The third-order valence-electron chi connectivity index (χ3n) is 3.37. The van der Waals surface area contributed by atoms with Crippen LogP contribution in [0.4, 0.5) is 0 Å². The summed E-state index contributed by atoms with van der Waals surface area (Å²) >= 11 is 1.22. The Morgan fingerprint density at radius 2 is 1.61 bits per heavy atom. The summed E-state index contributed by atoms with van der Waals surface area (Å²) in [6.07, 6.45) is 0. The molecule has 1 amide bonds. The molecule has 0 aliphatic rings. The van der Waals surface area contributed by atoms with Crippen molar-refractivity contribution >= 4 is 17.7 Å². The Hall–Kier alpha value is -2.53. The number of nitrogens with zero attached hydrogens (tertiary/aromatic N) is 1. The molecule has 0 unspecified atom stereocenters. The summed E-state index contributed by atoms with van der Waals surface area (Å²) in [5, 5.41) is 0.0369. The highest BCUT2D eigenvalue weighted by Gasteiger charge is 2.20. The fourth-order valence-electron chi connectivity index (χ4n) is 2.14. The fraction of sp³-hybridized carbons (Fsp3) is 0.111. The van der Waals surface area contributed by atoms with Gasteiger partial charge in [-0.1, -0.05) is 72.4 Å². The number of benzene rings is 2. The lowest BCUT2D eigenvalue weighted by molar-refractivity contribution is -0.117. The van der Waals surface area contributed by atoms with E-state index in [0.29, 0.717) is 11.0 Å². The van der Waals surface area contributed by atoms with Gasteiger partial charge in [-0.05, 0) is 6.92 Å². The van der Waals surface area contributed by atoms with E-state index in [1.54, 1.807) is 6.92 Å². The van der Waals surface area contributed by atoms with Gasteiger partial charge < -0.3 is 10.2 Å². The van der Waals surface area contributed by atoms with Gasteiger partial charge in [0.1, 0.15) is 5.69 Å². The van der Waals surface area contributed by atoms with Crippen molar-refractivity contribution in [2.24, 2.45) is 5.73 Å². The van der Waals surface area contributed by atoms with Crippen LogP contribution < -0.4 is 5.73 Å². The van der Waals surface area contributed by atoms with E-state index in [9.17, 15) is 4.79 Å². The molecule has 4 nitrogen and oxygen atoms in total. The normalized spacial score (nSPS) is 12.0. The lowest BCUT2D eigenvalue weighted by Gasteiger charge is -2.01. The molecular weight excluding hydrogens is 308 g/mol. The largest absolute Gasteiger partial charge is 0.431 e. The van der Waals surface area contributed by atoms with Gasteiger partial charge in [-0.3, -0.25) is 4.79 Å². The van der Waals surface area contributed by atoms with Crippen LogP contribution in [0.3, 0.4) is 0 Å². The molecule has 5 heteroatoms. The Morgan fingerprint density at radius 3 is 2.17 bits per heavy atom. The minimum atomic E-state index is -0.402. The van der Waals surface area contributed by atoms with E-state index in [1.165, 1.54) is 11.8 Å². The molecule has 116 valence electrons. The van der Waals surface area contributed by atoms with E-state index >= 15 is 0 Å². The predicted octanol–water partition coefficient (Wildman–Crippen LogP) is 3.97. The van der Waals surface area contributed by atoms with Gasteiger partial charge in [0.15, 0.2) is 5.76 Å². The quantitative estimate of drug-likeness (QED) is 0.721. The molecule has 23 heavy (non-hydrogen) atoms. The molecule has 0 aliphatic heterocycles. The van der Waals surface area contributed by atoms with Gasteiger partial charge in [0.05, 0.1) is 5.25 Å². The number of carbonyl (C=O) groups is 1. The summed E-state index contributed by atoms with van der Waals surface area (Å²) in [7, 11) is 0. The van der Waals surface area contributed by atoms with Crippen molar-refractivity contribution in [3.63, 3.8) is 0 Å². The van der Waals surface area contributed by atoms with E-state index < -0.39 is 11.2 Å². The van der Waals surface area contributed by atoms with Crippen LogP contribution in [0, 0.1) is 0 Å². The number of hydrogen-bond donors (Lipinski definition) is 1. The number of amides is 1. The van der Waals surface area contributed by atoms with Gasteiger partial charge in [0.25, 0.3) is 5.22 Å². The predicted molar refractivity (Wildman–Crippen MR) is 91.9 cm³/mol. The second-order valence-corrected chi connectivity index (χ2v) is 6.34. The van der Waals surface area contributed by atoms with Crippen molar-refractivity contribution in [2.75, 3.05) is 0 Å². The van der Waals surface area contributed by atoms with Gasteiger partial charge >= 0.3 is 0 Å². The number of nitrogens with two attached hydrogens (primary N) is 1. The molecule has 0 fully saturated rings. The molecule has 3 aromatic rings. The Balaban J connectivity index is 2.06. The van der Waals surface area contributed by atoms with E-state index in [1.807, 2.05) is 60.7 Å². The smallest absolute Gasteiger partial charge is 0.257 e. The standard InChI is InChI=1S/C18H16N2O2S/c1-12(17(19)21)23-18-20-15(13-8-4-2-5-9-13)16(22-18)14-10-6-3-7-11-14/h2-12H,1H3,(H2,19,21)/t12-/m1/s1. The molecule has 3 rings (SSSR count). The number of aromatic nitrogens is 1. The Labute approximate surface area is 138 Å². The van der Waals surface area contributed by atoms with Crippen LogP contribution >= 0.6 is 11.8 Å². The zero-order chi connectivity index (χ0) is 16.2. The number of oxazole rings is 1. The van der Waals surface area contributed by atoms with Crippen LogP contribution in [0.15, 0.2) is 70.3 Å². The van der Waals surface area contributed by atoms with Crippen LogP contribution in [0.2, 0.25) is 0 Å². The molecule has 1 aromatic heterocycles. The molecule has 0 spiro atoms. The van der Waals surface area contributed by atoms with E-state index in [-0.39, 0.29) is 0 Å². The average molecular weight is 324 g/mol. The lowest BCUT2D eigenvalue weighted by Crippen LogP contribution is -2.22. The summed E-state index contributed by atoms with van der Waals surface area (Å²) in [4.78, 5) is 15.8. The van der Waals surface area contributed by atoms with Gasteiger partial charge in [0, 0.05) is 11.1 Å². The average Bonchev–Trinajstić information content (AvgIpc) is 3.00. The molecule has 0 aliphatic carbocycles. The zero-order valence-electron chi connectivity index (χ0n) is 12.6. The molecular formula is C18H16N2O2S. The first-order valence-electron chi connectivity index (χ1n) is 7.23. The SMILES string of the molecule is C[C@@H](Sc1nc(-c2ccccc2)c(-c2ccccc2)o1)C(N)=O. The highest BCUT2D eigenvalue weighted by Crippen LogP contribution is 2.36. The third-order valence-corrected chi connectivity index (χ3v) is 4.33. The minimum Gasteiger partial charge on any atom is -0.431 e.